The van der Waals surface area contributed by atoms with Crippen LogP contribution in [-0.4, -0.2) is 12.2 Å². The van der Waals surface area contributed by atoms with Crippen LogP contribution in [0.5, 0.6) is 11.5 Å². The molecular formula is C16H22O2. The summed E-state index contributed by atoms with van der Waals surface area (Å²) in [6.45, 7) is 8.87. The Morgan fingerprint density at radius 3 is 1.67 bits per heavy atom. The van der Waals surface area contributed by atoms with Crippen molar-refractivity contribution in [3.8, 4) is 11.5 Å². The molecule has 98 valence electrons. The molecule has 0 fully saturated rings. The summed E-state index contributed by atoms with van der Waals surface area (Å²) in [6.07, 6.45) is 2.77. The summed E-state index contributed by atoms with van der Waals surface area (Å²) in [6, 6.07) is 4.41. The summed E-state index contributed by atoms with van der Waals surface area (Å²) >= 11 is 0. The maximum atomic E-state index is 6.01. The van der Waals surface area contributed by atoms with E-state index < -0.39 is 0 Å². The fraction of sp³-hybridized carbons (Fsp3) is 0.625. The molecule has 0 N–H and O–H groups in total. The molecule has 2 heterocycles. The molecule has 18 heavy (non-hydrogen) atoms. The van der Waals surface area contributed by atoms with Crippen molar-refractivity contribution in [2.75, 3.05) is 0 Å². The number of ether oxygens (including phenoxy) is 2. The lowest BCUT2D eigenvalue weighted by molar-refractivity contribution is 0.171. The Labute approximate surface area is 109 Å². The van der Waals surface area contributed by atoms with E-state index in [1.54, 1.807) is 0 Å². The monoisotopic (exact) mass is 246 g/mol. The molecule has 2 nitrogen and oxygen atoms in total. The van der Waals surface area contributed by atoms with Crippen molar-refractivity contribution in [1.29, 1.82) is 0 Å². The number of rotatable bonds is 2. The van der Waals surface area contributed by atoms with E-state index in [9.17, 15) is 0 Å². The summed E-state index contributed by atoms with van der Waals surface area (Å²) in [5.41, 5.74) is 2.72. The lowest BCUT2D eigenvalue weighted by Crippen LogP contribution is -2.20. The van der Waals surface area contributed by atoms with Gasteiger partial charge < -0.3 is 9.47 Å². The van der Waals surface area contributed by atoms with Crippen LogP contribution in [-0.2, 0) is 12.8 Å². The molecule has 2 atom stereocenters. The molecule has 2 heteroatoms. The number of fused-ring (bicyclic) bond motifs is 2. The van der Waals surface area contributed by atoms with E-state index in [0.29, 0.717) is 24.0 Å². The minimum Gasteiger partial charge on any atom is -0.489 e. The van der Waals surface area contributed by atoms with Crippen LogP contribution in [0, 0.1) is 11.8 Å². The summed E-state index contributed by atoms with van der Waals surface area (Å²) in [5, 5.41) is 0. The molecule has 3 rings (SSSR count). The van der Waals surface area contributed by atoms with Crippen molar-refractivity contribution < 1.29 is 9.47 Å². The van der Waals surface area contributed by atoms with Gasteiger partial charge in [-0.2, -0.15) is 0 Å². The standard InChI is InChI=1S/C16H22O2/c1-9(2)13-6-11-5-12-7-14(10(3)4)18-16(12)8-15(11)17-13/h5,8-10,13-14H,6-7H2,1-4H3. The Balaban J connectivity index is 1.85. The summed E-state index contributed by atoms with van der Waals surface area (Å²) in [7, 11) is 0. The number of hydrogen-bond acceptors (Lipinski definition) is 2. The van der Waals surface area contributed by atoms with Gasteiger partial charge in [0.2, 0.25) is 0 Å². The van der Waals surface area contributed by atoms with Crippen LogP contribution in [0.1, 0.15) is 38.8 Å². The average Bonchev–Trinajstić information content (AvgIpc) is 2.87. The predicted octanol–water partition coefficient (Wildman–Crippen LogP) is 3.61. The molecular weight excluding hydrogens is 224 g/mol. The summed E-state index contributed by atoms with van der Waals surface area (Å²) in [5.74, 6) is 3.21. The van der Waals surface area contributed by atoms with Crippen molar-refractivity contribution in [2.45, 2.75) is 52.7 Å². The smallest absolute Gasteiger partial charge is 0.126 e. The molecule has 2 unspecified atom stereocenters. The lowest BCUT2D eigenvalue weighted by atomic mass is 9.97. The highest BCUT2D eigenvalue weighted by Crippen LogP contribution is 2.41. The summed E-state index contributed by atoms with van der Waals surface area (Å²) in [4.78, 5) is 0. The Kier molecular flexibility index (Phi) is 2.76. The molecule has 0 spiro atoms. The van der Waals surface area contributed by atoms with Gasteiger partial charge in [-0.25, -0.2) is 0 Å². The Morgan fingerprint density at radius 2 is 1.28 bits per heavy atom. The number of hydrogen-bond donors (Lipinski definition) is 0. The van der Waals surface area contributed by atoms with Gasteiger partial charge >= 0.3 is 0 Å². The third-order valence-electron chi connectivity index (χ3n) is 4.13. The molecule has 2 aliphatic rings. The van der Waals surface area contributed by atoms with Crippen LogP contribution in [0.25, 0.3) is 0 Å². The van der Waals surface area contributed by atoms with Crippen LogP contribution in [0.4, 0.5) is 0 Å². The molecule has 1 aromatic rings. The highest BCUT2D eigenvalue weighted by atomic mass is 16.5. The van der Waals surface area contributed by atoms with Gasteiger partial charge in [-0.1, -0.05) is 27.7 Å². The quantitative estimate of drug-likeness (QED) is 0.793. The molecule has 0 saturated heterocycles. The van der Waals surface area contributed by atoms with Crippen molar-refractivity contribution >= 4 is 0 Å². The SMILES string of the molecule is CC(C)C1Cc2cc3c(cc2O1)OC(C(C)C)C3. The Morgan fingerprint density at radius 1 is 0.833 bits per heavy atom. The van der Waals surface area contributed by atoms with Crippen LogP contribution in [0.3, 0.4) is 0 Å². The van der Waals surface area contributed by atoms with Crippen molar-refractivity contribution in [3.05, 3.63) is 23.3 Å². The average molecular weight is 246 g/mol. The fourth-order valence-corrected chi connectivity index (χ4v) is 2.78. The van der Waals surface area contributed by atoms with Gasteiger partial charge in [0.25, 0.3) is 0 Å². The van der Waals surface area contributed by atoms with E-state index >= 15 is 0 Å². The van der Waals surface area contributed by atoms with Crippen LogP contribution in [0.15, 0.2) is 12.1 Å². The third kappa shape index (κ3) is 1.88. The third-order valence-corrected chi connectivity index (χ3v) is 4.13. The van der Waals surface area contributed by atoms with Gasteiger partial charge in [-0.15, -0.1) is 0 Å². The zero-order chi connectivity index (χ0) is 12.9. The normalized spacial score (nSPS) is 25.0. The molecule has 0 amide bonds. The first-order valence-electron chi connectivity index (χ1n) is 7.03. The van der Waals surface area contributed by atoms with Gasteiger partial charge in [0.05, 0.1) is 0 Å². The van der Waals surface area contributed by atoms with E-state index in [0.717, 1.165) is 24.3 Å². The Bertz CT molecular complexity index is 388. The molecule has 1 aromatic carbocycles. The van der Waals surface area contributed by atoms with Gasteiger partial charge in [-0.05, 0) is 29.0 Å². The Hall–Kier alpha value is -1.18. The highest BCUT2D eigenvalue weighted by molar-refractivity contribution is 5.50. The van der Waals surface area contributed by atoms with Crippen molar-refractivity contribution in [3.63, 3.8) is 0 Å². The molecule has 0 aromatic heterocycles. The lowest BCUT2D eigenvalue weighted by Gasteiger charge is -2.15. The number of benzene rings is 1. The van der Waals surface area contributed by atoms with E-state index in [2.05, 4.69) is 39.8 Å². The molecule has 0 radical (unpaired) electrons. The zero-order valence-corrected chi connectivity index (χ0v) is 11.7. The van der Waals surface area contributed by atoms with E-state index in [4.69, 9.17) is 9.47 Å². The molecule has 0 saturated carbocycles. The first kappa shape index (κ1) is 11.9. The molecule has 0 bridgehead atoms. The molecule has 2 aliphatic heterocycles. The second-order valence-electron chi connectivity index (χ2n) is 6.28. The van der Waals surface area contributed by atoms with Gasteiger partial charge in [0.15, 0.2) is 0 Å². The van der Waals surface area contributed by atoms with Crippen molar-refractivity contribution in [1.82, 2.24) is 0 Å². The topological polar surface area (TPSA) is 18.5 Å². The first-order chi connectivity index (χ1) is 8.54. The van der Waals surface area contributed by atoms with Crippen LogP contribution in [0.2, 0.25) is 0 Å². The molecule has 0 aliphatic carbocycles. The maximum absolute atomic E-state index is 6.01. The largest absolute Gasteiger partial charge is 0.489 e. The summed E-state index contributed by atoms with van der Waals surface area (Å²) < 4.78 is 12.0. The highest BCUT2D eigenvalue weighted by Gasteiger charge is 2.31. The van der Waals surface area contributed by atoms with E-state index in [1.165, 1.54) is 11.1 Å². The van der Waals surface area contributed by atoms with Crippen LogP contribution >= 0.6 is 0 Å². The van der Waals surface area contributed by atoms with Crippen molar-refractivity contribution in [2.24, 2.45) is 11.8 Å². The van der Waals surface area contributed by atoms with E-state index in [-0.39, 0.29) is 0 Å². The van der Waals surface area contributed by atoms with Gasteiger partial charge in [-0.3, -0.25) is 0 Å². The minimum atomic E-state index is 0.337. The second kappa shape index (κ2) is 4.18. The van der Waals surface area contributed by atoms with Crippen LogP contribution < -0.4 is 9.47 Å². The van der Waals surface area contributed by atoms with Gasteiger partial charge in [0.1, 0.15) is 23.7 Å². The first-order valence-corrected chi connectivity index (χ1v) is 7.03. The fourth-order valence-electron chi connectivity index (χ4n) is 2.78. The predicted molar refractivity (Wildman–Crippen MR) is 72.4 cm³/mol. The van der Waals surface area contributed by atoms with E-state index in [1.807, 2.05) is 0 Å². The zero-order valence-electron chi connectivity index (χ0n) is 11.7. The maximum Gasteiger partial charge on any atom is 0.126 e. The minimum absolute atomic E-state index is 0.337. The second-order valence-corrected chi connectivity index (χ2v) is 6.28. The van der Waals surface area contributed by atoms with Gasteiger partial charge in [0, 0.05) is 18.9 Å².